The molecule has 0 bridgehead atoms. The summed E-state index contributed by atoms with van der Waals surface area (Å²) in [5.41, 5.74) is 3.82. The van der Waals surface area contributed by atoms with E-state index in [9.17, 15) is 53.1 Å². The lowest BCUT2D eigenvalue weighted by Crippen LogP contribution is -2.52. The van der Waals surface area contributed by atoms with Crippen LogP contribution in [-0.4, -0.2) is 266 Å². The molecule has 33 nitrogen and oxygen atoms in total. The number of aliphatic hydroxyl groups is 2. The van der Waals surface area contributed by atoms with E-state index < -0.39 is 45.5 Å². The van der Waals surface area contributed by atoms with E-state index >= 15 is 0 Å². The zero-order valence-electron chi connectivity index (χ0n) is 72.6. The van der Waals surface area contributed by atoms with Gasteiger partial charge in [0.05, 0.1) is 17.7 Å². The van der Waals surface area contributed by atoms with Crippen molar-refractivity contribution in [2.45, 2.75) is 154 Å². The minimum absolute atomic E-state index is 0.0287. The van der Waals surface area contributed by atoms with Gasteiger partial charge in [0.2, 0.25) is 34.2 Å². The number of esters is 2. The first-order valence-corrected chi connectivity index (χ1v) is 43.6. The van der Waals surface area contributed by atoms with Gasteiger partial charge in [0.15, 0.2) is 11.6 Å². The summed E-state index contributed by atoms with van der Waals surface area (Å²) in [6.45, 7) is 30.0. The van der Waals surface area contributed by atoms with Gasteiger partial charge in [-0.25, -0.2) is 39.1 Å². The summed E-state index contributed by atoms with van der Waals surface area (Å²) in [4.78, 5) is 168. The van der Waals surface area contributed by atoms with Gasteiger partial charge in [-0.2, -0.15) is 9.97 Å². The molecule has 4 unspecified atom stereocenters. The number of nitrogens with one attached hydrogen (secondary N) is 3. The molecule has 0 radical (unpaired) electrons. The van der Waals surface area contributed by atoms with E-state index in [0.29, 0.717) is 184 Å². The number of likely N-dealkylation sites (tertiary alicyclic amines) is 2. The molecule has 6 atom stereocenters. The van der Waals surface area contributed by atoms with Crippen LogP contribution in [0, 0.1) is 16.2 Å². The zero-order chi connectivity index (χ0) is 90.3. The fourth-order valence-corrected chi connectivity index (χ4v) is 18.4. The number of carbonyl (C=O) groups is 10. The molecule has 0 saturated carbocycles. The molecule has 3 aliphatic carbocycles. The van der Waals surface area contributed by atoms with Gasteiger partial charge in [-0.1, -0.05) is 74.3 Å². The topological polar surface area (TPSA) is 387 Å². The number of piperazine rings is 3. The summed E-state index contributed by atoms with van der Waals surface area (Å²) >= 11 is 12.6. The number of aliphatic hydroxyl groups excluding tert-OH is 2. The van der Waals surface area contributed by atoms with Crippen molar-refractivity contribution in [3.05, 3.63) is 172 Å². The zero-order valence-corrected chi connectivity index (χ0v) is 74.2. The molecule has 5 fully saturated rings. The van der Waals surface area contributed by atoms with Crippen LogP contribution < -0.4 is 35.4 Å². The number of fused-ring (bicyclic) bond motifs is 6. The van der Waals surface area contributed by atoms with Gasteiger partial charge in [-0.3, -0.25) is 28.8 Å². The minimum Gasteiger partial charge on any atom is -0.462 e. The van der Waals surface area contributed by atoms with Gasteiger partial charge in [-0.15, -0.1) is 0 Å². The molecule has 6 aromatic rings. The third kappa shape index (κ3) is 20.2. The molecule has 35 heteroatoms. The quantitative estimate of drug-likeness (QED) is 0.0280. The summed E-state index contributed by atoms with van der Waals surface area (Å²) in [5, 5.41) is 29.0. The number of halogens is 2. The van der Waals surface area contributed by atoms with Gasteiger partial charge in [0, 0.05) is 137 Å². The van der Waals surface area contributed by atoms with E-state index in [-0.39, 0.29) is 81.4 Å². The molecule has 6 amide bonds. The Morgan fingerprint density at radius 2 is 0.905 bits per heavy atom. The summed E-state index contributed by atoms with van der Waals surface area (Å²) in [6.07, 6.45) is 9.79. The molecule has 3 aromatic heterocycles. The van der Waals surface area contributed by atoms with Crippen LogP contribution in [0.1, 0.15) is 153 Å². The Morgan fingerprint density at radius 3 is 1.33 bits per heavy atom. The van der Waals surface area contributed by atoms with Crippen LogP contribution >= 0.6 is 23.2 Å². The summed E-state index contributed by atoms with van der Waals surface area (Å²) in [5.74, 6) is -1.05. The number of hydrogen-bond acceptors (Lipinski definition) is 27. The molecule has 126 heavy (non-hydrogen) atoms. The van der Waals surface area contributed by atoms with Crippen LogP contribution in [0.2, 0.25) is 10.6 Å². The van der Waals surface area contributed by atoms with Crippen LogP contribution in [-0.2, 0) is 81.5 Å². The average Bonchev–Trinajstić information content (AvgIpc) is 0.917. The second kappa shape index (κ2) is 38.9. The predicted molar refractivity (Wildman–Crippen MR) is 473 cm³/mol. The summed E-state index contributed by atoms with van der Waals surface area (Å²) < 4.78 is 21.1. The van der Waals surface area contributed by atoms with Crippen LogP contribution in [0.25, 0.3) is 0 Å². The number of aromatic nitrogens is 6. The number of ketones is 2. The molecular weight excluding hydrogens is 1660 g/mol. The van der Waals surface area contributed by atoms with Crippen LogP contribution in [0.15, 0.2) is 111 Å². The largest absolute Gasteiger partial charge is 0.462 e. The predicted octanol–water partition coefficient (Wildman–Crippen LogP) is 9.44. The van der Waals surface area contributed by atoms with E-state index in [1.165, 1.54) is 18.9 Å². The molecule has 11 aliphatic rings. The maximum atomic E-state index is 14.2. The Balaban J connectivity index is 0.000000148. The normalized spacial score (nSPS) is 23.0. The highest BCUT2D eigenvalue weighted by Crippen LogP contribution is 2.52. The van der Waals surface area contributed by atoms with Gasteiger partial charge in [0.1, 0.15) is 63.6 Å². The smallest absolute Gasteiger partial charge is 0.410 e. The molecule has 670 valence electrons. The second-order valence-electron chi connectivity index (χ2n) is 35.3. The third-order valence-electron chi connectivity index (χ3n) is 25.0. The number of para-hydroxylation sites is 3. The van der Waals surface area contributed by atoms with Gasteiger partial charge < -0.3 is 84.3 Å². The molecule has 3 spiro atoms. The summed E-state index contributed by atoms with van der Waals surface area (Å²) in [6, 6.07) is 23.7. The van der Waals surface area contributed by atoms with Crippen molar-refractivity contribution in [3.8, 4) is 6.01 Å². The molecule has 11 heterocycles. The number of ether oxygens (including phenoxy) is 4. The fourth-order valence-electron chi connectivity index (χ4n) is 18.0. The number of rotatable bonds is 10. The maximum absolute atomic E-state index is 14.2. The number of likely N-dealkylation sites (N-methyl/N-ethyl adjacent to an activating group) is 2. The first-order valence-electron chi connectivity index (χ1n) is 42.8. The first-order chi connectivity index (χ1) is 60.1. The SMILES string of the molecule is C=CC(=O)N1CCN(c2nc(OC[C@@H]3CCCN3C)nc3c2CCC2(Cc4ccccc4NC2=O)C3=O)CC1.C=CC(=O)OC(=O)C=C.CC(C)(C)OC(=O)N1CCN(c2nc(Cl)nc3c2CCC2(Cc4ccccc4NC2=O)C3=O)CC1.CC(C)(C)OC(=O)N1CCN(c2nc(Cl)nc3c2CCC2(Cc4ccccc4NC2=O)C3O)CC1.CN1CCC[C@H]1CO. The van der Waals surface area contributed by atoms with Crippen LogP contribution in [0.5, 0.6) is 6.01 Å². The van der Waals surface area contributed by atoms with Crippen molar-refractivity contribution in [1.29, 1.82) is 0 Å². The lowest BCUT2D eigenvalue weighted by atomic mass is 9.65. The summed E-state index contributed by atoms with van der Waals surface area (Å²) in [7, 11) is 4.14. The molecule has 3 aromatic carbocycles. The number of benzene rings is 3. The minimum atomic E-state index is -1.20. The van der Waals surface area contributed by atoms with Gasteiger partial charge in [0.25, 0.3) is 0 Å². The molecule has 17 rings (SSSR count). The lowest BCUT2D eigenvalue weighted by molar-refractivity contribution is -0.152. The molecular formula is C91H111Cl2N17O16. The van der Waals surface area contributed by atoms with Crippen molar-refractivity contribution in [1.82, 2.24) is 54.4 Å². The van der Waals surface area contributed by atoms with E-state index in [4.69, 9.17) is 47.5 Å². The highest BCUT2D eigenvalue weighted by molar-refractivity contribution is 6.29. The maximum Gasteiger partial charge on any atom is 0.410 e. The number of hydrogen-bond donors (Lipinski definition) is 5. The Bertz CT molecular complexity index is 5190. The fraction of sp³-hybridized carbons (Fsp3) is 0.495. The highest BCUT2D eigenvalue weighted by Gasteiger charge is 2.56. The van der Waals surface area contributed by atoms with E-state index in [1.54, 1.807) is 14.7 Å². The molecule has 8 aliphatic heterocycles. The molecule has 5 N–H and O–H groups in total. The van der Waals surface area contributed by atoms with Crippen molar-refractivity contribution in [2.75, 3.05) is 150 Å². The van der Waals surface area contributed by atoms with E-state index in [1.807, 2.05) is 119 Å². The van der Waals surface area contributed by atoms with Crippen LogP contribution in [0.4, 0.5) is 44.1 Å². The monoisotopic (exact) mass is 1770 g/mol. The lowest BCUT2D eigenvalue weighted by Gasteiger charge is -2.44. The Labute approximate surface area is 742 Å². The Hall–Kier alpha value is -11.4. The number of carbonyl (C=O) groups excluding carboxylic acids is 10. The molecule has 5 saturated heterocycles. The Kier molecular flexibility index (Phi) is 28.5. The third-order valence-corrected chi connectivity index (χ3v) is 25.4. The van der Waals surface area contributed by atoms with Gasteiger partial charge in [-0.05, 0) is 216 Å². The van der Waals surface area contributed by atoms with Crippen LogP contribution in [0.3, 0.4) is 0 Å². The number of nitrogens with zero attached hydrogens (tertiary/aromatic N) is 14. The number of Topliss-reactive ketones (excluding diaryl/α,β-unsaturated/α-hetero) is 2. The van der Waals surface area contributed by atoms with Crippen molar-refractivity contribution in [2.24, 2.45) is 16.2 Å². The Morgan fingerprint density at radius 1 is 0.500 bits per heavy atom. The van der Waals surface area contributed by atoms with E-state index in [0.717, 1.165) is 83.0 Å². The number of amides is 6. The van der Waals surface area contributed by atoms with Gasteiger partial charge >= 0.3 is 30.1 Å². The average molecular weight is 1770 g/mol. The van der Waals surface area contributed by atoms with Crippen molar-refractivity contribution >= 4 is 117 Å². The highest BCUT2D eigenvalue weighted by atomic mass is 35.5. The van der Waals surface area contributed by atoms with Crippen molar-refractivity contribution < 1.29 is 77.1 Å². The van der Waals surface area contributed by atoms with Crippen molar-refractivity contribution in [3.63, 3.8) is 0 Å². The standard InChI is InChI=1S/C29H34N6O4.C25H30ClN5O4.C25H28ClN5O4.C6H13NO.C6H6O3/c1-3-23(36)34-13-15-35(16-14-34)26-21-10-11-29(17-19-7-4-5-9-22(19)30-27(29)38)25(37)24(21)31-28(32-26)39-18-20-8-6-12-33(20)2;2*1-24(2,3)35-23(34)31-12-10-30(11-13-31)20-16-8-9-25(19(32)18(16)28-22(26)29-20)14-15-6-4-5-7-17(15)27-21(25)33;1-7-4-2-3-6(7)5-8;1-3-5(7)9-6(8)4-2/h3-5,7,9,20H,1,6,8,10-18H2,2H3,(H,30,38);4-7,19,32H,8-14H2,1-3H3,(H,27,33);4-7H,8-14H2,1-3H3,(H,27,33);6,8H,2-5H2,1H3;3-4H,1-2H2/t20-,29?;;;6-;/m0..0./s1. The first kappa shape index (κ1) is 92.3. The number of anilines is 6. The second-order valence-corrected chi connectivity index (χ2v) is 36.0. The van der Waals surface area contributed by atoms with E-state index in [2.05, 4.69) is 99.0 Å².